The van der Waals surface area contributed by atoms with Gasteiger partial charge in [-0.3, -0.25) is 4.40 Å². The SMILES string of the molecule is Cc1cc2nnc(C3(CN)CCOCC3)n2cn1. The highest BCUT2D eigenvalue weighted by molar-refractivity contribution is 5.39. The third-order valence-corrected chi connectivity index (χ3v) is 3.75. The largest absolute Gasteiger partial charge is 0.381 e. The molecule has 3 rings (SSSR count). The number of hydrogen-bond donors (Lipinski definition) is 1. The van der Waals surface area contributed by atoms with Crippen LogP contribution in [0.3, 0.4) is 0 Å². The van der Waals surface area contributed by atoms with Gasteiger partial charge in [-0.05, 0) is 19.8 Å². The maximum absolute atomic E-state index is 5.99. The third-order valence-electron chi connectivity index (χ3n) is 3.75. The van der Waals surface area contributed by atoms with Crippen LogP contribution in [0.5, 0.6) is 0 Å². The van der Waals surface area contributed by atoms with E-state index in [0.717, 1.165) is 43.2 Å². The number of aromatic nitrogens is 4. The van der Waals surface area contributed by atoms with E-state index in [9.17, 15) is 0 Å². The summed E-state index contributed by atoms with van der Waals surface area (Å²) in [5.41, 5.74) is 7.63. The predicted molar refractivity (Wildman–Crippen MR) is 66.3 cm³/mol. The number of rotatable bonds is 2. The molecule has 2 N–H and O–H groups in total. The molecule has 0 amide bonds. The van der Waals surface area contributed by atoms with Gasteiger partial charge in [0.15, 0.2) is 5.65 Å². The van der Waals surface area contributed by atoms with Crippen LogP contribution in [0.1, 0.15) is 24.4 Å². The molecule has 96 valence electrons. The minimum absolute atomic E-state index is 0.130. The van der Waals surface area contributed by atoms with Crippen LogP contribution in [0.25, 0.3) is 5.65 Å². The Morgan fingerprint density at radius 2 is 2.17 bits per heavy atom. The van der Waals surface area contributed by atoms with E-state index in [2.05, 4.69) is 15.2 Å². The minimum atomic E-state index is -0.130. The van der Waals surface area contributed by atoms with Crippen molar-refractivity contribution in [3.8, 4) is 0 Å². The van der Waals surface area contributed by atoms with E-state index in [4.69, 9.17) is 10.5 Å². The van der Waals surface area contributed by atoms with E-state index in [1.807, 2.05) is 17.4 Å². The van der Waals surface area contributed by atoms with E-state index in [1.165, 1.54) is 0 Å². The zero-order valence-corrected chi connectivity index (χ0v) is 10.5. The first-order chi connectivity index (χ1) is 8.75. The molecular formula is C12H17N5O. The van der Waals surface area contributed by atoms with Crippen LogP contribution in [0.4, 0.5) is 0 Å². The summed E-state index contributed by atoms with van der Waals surface area (Å²) in [5.74, 6) is 0.913. The van der Waals surface area contributed by atoms with Gasteiger partial charge in [0.25, 0.3) is 0 Å². The average Bonchev–Trinajstić information content (AvgIpc) is 2.83. The van der Waals surface area contributed by atoms with Gasteiger partial charge in [0, 0.05) is 36.9 Å². The van der Waals surface area contributed by atoms with Crippen molar-refractivity contribution in [2.24, 2.45) is 5.73 Å². The average molecular weight is 247 g/mol. The van der Waals surface area contributed by atoms with Gasteiger partial charge in [0.1, 0.15) is 12.2 Å². The lowest BCUT2D eigenvalue weighted by atomic mass is 9.79. The second-order valence-corrected chi connectivity index (χ2v) is 4.88. The van der Waals surface area contributed by atoms with Gasteiger partial charge < -0.3 is 10.5 Å². The van der Waals surface area contributed by atoms with Gasteiger partial charge in [0.2, 0.25) is 0 Å². The van der Waals surface area contributed by atoms with Crippen LogP contribution in [-0.4, -0.2) is 39.3 Å². The summed E-state index contributed by atoms with van der Waals surface area (Å²) in [6, 6.07) is 1.93. The van der Waals surface area contributed by atoms with Crippen LogP contribution in [0.2, 0.25) is 0 Å². The second-order valence-electron chi connectivity index (χ2n) is 4.88. The zero-order valence-electron chi connectivity index (χ0n) is 10.5. The summed E-state index contributed by atoms with van der Waals surface area (Å²) < 4.78 is 7.38. The van der Waals surface area contributed by atoms with Crippen molar-refractivity contribution < 1.29 is 4.74 Å². The molecule has 1 fully saturated rings. The van der Waals surface area contributed by atoms with Gasteiger partial charge in [-0.15, -0.1) is 10.2 Å². The topological polar surface area (TPSA) is 78.3 Å². The Bertz CT molecular complexity index is 559. The third kappa shape index (κ3) is 1.69. The molecule has 3 heterocycles. The number of nitrogens with two attached hydrogens (primary N) is 1. The van der Waals surface area contributed by atoms with Crippen LogP contribution >= 0.6 is 0 Å². The number of ether oxygens (including phenoxy) is 1. The molecule has 0 aromatic carbocycles. The summed E-state index contributed by atoms with van der Waals surface area (Å²) in [6.07, 6.45) is 3.56. The normalized spacial score (nSPS) is 19.2. The Kier molecular flexibility index (Phi) is 2.76. The number of aryl methyl sites for hydroxylation is 1. The fraction of sp³-hybridized carbons (Fsp3) is 0.583. The molecule has 0 unspecified atom stereocenters. The molecule has 0 saturated carbocycles. The van der Waals surface area contributed by atoms with Crippen molar-refractivity contribution >= 4 is 5.65 Å². The lowest BCUT2D eigenvalue weighted by Crippen LogP contribution is -2.42. The first-order valence-electron chi connectivity index (χ1n) is 6.21. The molecule has 0 spiro atoms. The number of hydrogen-bond acceptors (Lipinski definition) is 5. The van der Waals surface area contributed by atoms with Crippen molar-refractivity contribution in [1.29, 1.82) is 0 Å². The fourth-order valence-corrected chi connectivity index (χ4v) is 2.53. The van der Waals surface area contributed by atoms with Crippen LogP contribution in [0.15, 0.2) is 12.4 Å². The predicted octanol–water partition coefficient (Wildman–Crippen LogP) is 0.440. The standard InChI is InChI=1S/C12H17N5O/c1-9-6-10-15-16-11(17(10)8-14-9)12(7-13)2-4-18-5-3-12/h6,8H,2-5,7,13H2,1H3. The van der Waals surface area contributed by atoms with Gasteiger partial charge in [-0.2, -0.15) is 0 Å². The molecule has 0 atom stereocenters. The molecule has 0 radical (unpaired) electrons. The Morgan fingerprint density at radius 3 is 2.89 bits per heavy atom. The van der Waals surface area contributed by atoms with Gasteiger partial charge >= 0.3 is 0 Å². The Labute approximate surface area is 105 Å². The molecule has 1 saturated heterocycles. The second kappa shape index (κ2) is 4.29. The van der Waals surface area contributed by atoms with Crippen molar-refractivity contribution in [1.82, 2.24) is 19.6 Å². The van der Waals surface area contributed by atoms with Crippen molar-refractivity contribution in [3.05, 3.63) is 23.9 Å². The smallest absolute Gasteiger partial charge is 0.163 e. The van der Waals surface area contributed by atoms with Gasteiger partial charge in [0.05, 0.1) is 0 Å². The highest BCUT2D eigenvalue weighted by atomic mass is 16.5. The van der Waals surface area contributed by atoms with Crippen molar-refractivity contribution in [2.75, 3.05) is 19.8 Å². The Hall–Kier alpha value is -1.53. The highest BCUT2D eigenvalue weighted by Gasteiger charge is 2.37. The molecular weight excluding hydrogens is 230 g/mol. The first-order valence-corrected chi connectivity index (χ1v) is 6.21. The number of nitrogens with zero attached hydrogens (tertiary/aromatic N) is 4. The first kappa shape index (κ1) is 11.6. The van der Waals surface area contributed by atoms with Gasteiger partial charge in [-0.25, -0.2) is 4.98 Å². The molecule has 2 aromatic rings. The highest BCUT2D eigenvalue weighted by Crippen LogP contribution is 2.32. The molecule has 18 heavy (non-hydrogen) atoms. The lowest BCUT2D eigenvalue weighted by Gasteiger charge is -2.34. The Balaban J connectivity index is 2.12. The maximum Gasteiger partial charge on any atom is 0.163 e. The quantitative estimate of drug-likeness (QED) is 0.833. The summed E-state index contributed by atoms with van der Waals surface area (Å²) in [7, 11) is 0. The molecule has 1 aliphatic heterocycles. The Morgan fingerprint density at radius 1 is 1.39 bits per heavy atom. The van der Waals surface area contributed by atoms with Crippen LogP contribution in [-0.2, 0) is 10.2 Å². The fourth-order valence-electron chi connectivity index (χ4n) is 2.53. The van der Waals surface area contributed by atoms with E-state index < -0.39 is 0 Å². The summed E-state index contributed by atoms with van der Waals surface area (Å²) in [6.45, 7) is 3.96. The molecule has 1 aliphatic rings. The summed E-state index contributed by atoms with van der Waals surface area (Å²) >= 11 is 0. The van der Waals surface area contributed by atoms with Crippen LogP contribution in [0, 0.1) is 6.92 Å². The molecule has 0 aliphatic carbocycles. The monoisotopic (exact) mass is 247 g/mol. The molecule has 2 aromatic heterocycles. The van der Waals surface area contributed by atoms with Crippen molar-refractivity contribution in [2.45, 2.75) is 25.2 Å². The summed E-state index contributed by atoms with van der Waals surface area (Å²) in [4.78, 5) is 4.31. The number of fused-ring (bicyclic) bond motifs is 1. The zero-order chi connectivity index (χ0) is 12.6. The van der Waals surface area contributed by atoms with E-state index in [0.29, 0.717) is 6.54 Å². The summed E-state index contributed by atoms with van der Waals surface area (Å²) in [5, 5.41) is 8.56. The molecule has 6 heteroatoms. The minimum Gasteiger partial charge on any atom is -0.381 e. The van der Waals surface area contributed by atoms with E-state index in [-0.39, 0.29) is 5.41 Å². The van der Waals surface area contributed by atoms with E-state index >= 15 is 0 Å². The van der Waals surface area contributed by atoms with Crippen molar-refractivity contribution in [3.63, 3.8) is 0 Å². The van der Waals surface area contributed by atoms with Crippen LogP contribution < -0.4 is 5.73 Å². The lowest BCUT2D eigenvalue weighted by molar-refractivity contribution is 0.0495. The van der Waals surface area contributed by atoms with Gasteiger partial charge in [-0.1, -0.05) is 0 Å². The molecule has 6 nitrogen and oxygen atoms in total. The van der Waals surface area contributed by atoms with E-state index in [1.54, 1.807) is 6.33 Å². The molecule has 0 bridgehead atoms. The maximum atomic E-state index is 5.99.